The van der Waals surface area contributed by atoms with Gasteiger partial charge in [0.15, 0.2) is 0 Å². The Morgan fingerprint density at radius 1 is 1.15 bits per heavy atom. The molecule has 1 aromatic rings. The first-order valence-electron chi connectivity index (χ1n) is 14.6. The number of likely N-dealkylation sites (tertiary alicyclic amines) is 1. The lowest BCUT2D eigenvalue weighted by Crippen LogP contribution is -2.55. The van der Waals surface area contributed by atoms with Gasteiger partial charge in [0.1, 0.15) is 6.29 Å². The van der Waals surface area contributed by atoms with Crippen LogP contribution in [0.1, 0.15) is 65.9 Å². The number of allylic oxidation sites excluding steroid dienone is 8. The van der Waals surface area contributed by atoms with Crippen molar-refractivity contribution >= 4 is 23.7 Å². The average Bonchev–Trinajstić information content (AvgIpc) is 3.19. The molecular weight excluding hydrogens is 510 g/mol. The van der Waals surface area contributed by atoms with E-state index in [1.807, 2.05) is 18.8 Å². The van der Waals surface area contributed by atoms with E-state index in [9.17, 15) is 0 Å². The predicted octanol–water partition coefficient (Wildman–Crippen LogP) is 8.25. The van der Waals surface area contributed by atoms with E-state index in [-0.39, 0.29) is 0 Å². The minimum Gasteiger partial charge on any atom is -0.391 e. The molecule has 5 heteroatoms. The van der Waals surface area contributed by atoms with Gasteiger partial charge in [-0.3, -0.25) is 0 Å². The number of nitrogens with one attached hydrogen (secondary N) is 1. The maximum absolute atomic E-state index is 8.81. The Labute approximate surface area is 248 Å². The second-order valence-electron chi connectivity index (χ2n) is 10.4. The molecule has 1 fully saturated rings. The summed E-state index contributed by atoms with van der Waals surface area (Å²) in [6, 6.07) is 9.43. The van der Waals surface area contributed by atoms with Crippen LogP contribution >= 0.6 is 11.8 Å². The summed E-state index contributed by atoms with van der Waals surface area (Å²) < 4.78 is 0. The van der Waals surface area contributed by atoms with E-state index in [1.54, 1.807) is 0 Å². The topological polar surface area (TPSA) is 35.6 Å². The van der Waals surface area contributed by atoms with Gasteiger partial charge in [-0.05, 0) is 83.7 Å². The van der Waals surface area contributed by atoms with E-state index in [0.717, 1.165) is 19.1 Å². The van der Waals surface area contributed by atoms with Crippen molar-refractivity contribution in [3.05, 3.63) is 95.6 Å². The second kappa shape index (κ2) is 17.1. The Hall–Kier alpha value is -2.76. The minimum atomic E-state index is 0.391. The van der Waals surface area contributed by atoms with Crippen molar-refractivity contribution in [2.24, 2.45) is 0 Å². The molecule has 4 rings (SSSR count). The Bertz CT molecular complexity index is 1120. The van der Waals surface area contributed by atoms with Gasteiger partial charge in [-0.2, -0.15) is 0 Å². The number of carbonyl (C=O) groups excluding carboxylic acids is 1. The number of piperidine rings is 1. The summed E-state index contributed by atoms with van der Waals surface area (Å²) in [4.78, 5) is 17.0. The Balaban J connectivity index is 0.00000105. The summed E-state index contributed by atoms with van der Waals surface area (Å²) >= 11 is 1.96. The van der Waals surface area contributed by atoms with Crippen molar-refractivity contribution in [2.45, 2.75) is 95.8 Å². The number of anilines is 1. The van der Waals surface area contributed by atoms with Crippen LogP contribution in [0, 0.1) is 0 Å². The maximum atomic E-state index is 8.81. The van der Waals surface area contributed by atoms with Crippen LogP contribution in [0.4, 0.5) is 5.69 Å². The van der Waals surface area contributed by atoms with Gasteiger partial charge >= 0.3 is 0 Å². The molecule has 4 unspecified atom stereocenters. The van der Waals surface area contributed by atoms with Crippen LogP contribution in [-0.4, -0.2) is 49.4 Å². The third-order valence-electron chi connectivity index (χ3n) is 8.06. The maximum Gasteiger partial charge on any atom is 0.116 e. The molecule has 0 amide bonds. The summed E-state index contributed by atoms with van der Waals surface area (Å²) in [5, 5.41) is 3.42. The largest absolute Gasteiger partial charge is 0.391 e. The first-order chi connectivity index (χ1) is 19.4. The molecule has 1 N–H and O–H groups in total. The van der Waals surface area contributed by atoms with Crippen LogP contribution < -0.4 is 10.2 Å². The average molecular weight is 562 g/mol. The van der Waals surface area contributed by atoms with Crippen LogP contribution in [0.3, 0.4) is 0 Å². The molecular formula is C35H51N3OS. The fraction of sp³-hybridized carbons (Fsp3) is 0.457. The molecule has 3 aliphatic rings. The van der Waals surface area contributed by atoms with Gasteiger partial charge in [0.25, 0.3) is 0 Å². The molecule has 218 valence electrons. The molecule has 4 nitrogen and oxygen atoms in total. The lowest BCUT2D eigenvalue weighted by molar-refractivity contribution is -0.106. The van der Waals surface area contributed by atoms with E-state index in [1.165, 1.54) is 58.5 Å². The Morgan fingerprint density at radius 2 is 1.88 bits per heavy atom. The van der Waals surface area contributed by atoms with E-state index < -0.39 is 0 Å². The number of rotatable bonds is 6. The molecule has 1 aliphatic carbocycles. The van der Waals surface area contributed by atoms with Crippen LogP contribution in [0.25, 0.3) is 0 Å². The minimum absolute atomic E-state index is 0.391. The molecule has 4 atom stereocenters. The van der Waals surface area contributed by atoms with Crippen LogP contribution in [0.5, 0.6) is 0 Å². The zero-order chi connectivity index (χ0) is 29.7. The highest BCUT2D eigenvalue weighted by atomic mass is 32.2. The Kier molecular flexibility index (Phi) is 14.3. The lowest BCUT2D eigenvalue weighted by atomic mass is 9.88. The fourth-order valence-corrected chi connectivity index (χ4v) is 7.07. The number of carbonyl (C=O) groups is 1. The van der Waals surface area contributed by atoms with E-state index in [2.05, 4.69) is 124 Å². The fourth-order valence-electron chi connectivity index (χ4n) is 5.89. The molecule has 0 radical (unpaired) electrons. The van der Waals surface area contributed by atoms with E-state index >= 15 is 0 Å². The van der Waals surface area contributed by atoms with Gasteiger partial charge in [0.05, 0.1) is 11.7 Å². The number of hydrogen-bond donors (Lipinski definition) is 1. The van der Waals surface area contributed by atoms with Crippen LogP contribution in [0.15, 0.2) is 95.0 Å². The number of benzene rings is 1. The third-order valence-corrected chi connectivity index (χ3v) is 9.32. The van der Waals surface area contributed by atoms with E-state index in [4.69, 9.17) is 4.79 Å². The van der Waals surface area contributed by atoms with E-state index in [0.29, 0.717) is 24.2 Å². The summed E-state index contributed by atoms with van der Waals surface area (Å²) in [6.45, 7) is 16.7. The van der Waals surface area contributed by atoms with Crippen molar-refractivity contribution < 1.29 is 4.79 Å². The third kappa shape index (κ3) is 8.37. The first kappa shape index (κ1) is 33.4. The molecule has 0 bridgehead atoms. The second-order valence-corrected chi connectivity index (χ2v) is 11.6. The summed E-state index contributed by atoms with van der Waals surface area (Å²) in [6.07, 6.45) is 21.8. The van der Waals surface area contributed by atoms with Gasteiger partial charge in [0, 0.05) is 47.1 Å². The highest BCUT2D eigenvalue weighted by Gasteiger charge is 2.38. The Morgan fingerprint density at radius 3 is 2.52 bits per heavy atom. The molecule has 1 saturated heterocycles. The number of aldehydes is 1. The summed E-state index contributed by atoms with van der Waals surface area (Å²) in [5.74, 6) is 0. The van der Waals surface area contributed by atoms with Crippen molar-refractivity contribution in [2.75, 3.05) is 19.0 Å². The van der Waals surface area contributed by atoms with Gasteiger partial charge < -0.3 is 19.9 Å². The zero-order valence-electron chi connectivity index (χ0n) is 25.8. The summed E-state index contributed by atoms with van der Waals surface area (Å²) in [5.41, 5.74) is 5.49. The number of fused-ring (bicyclic) bond motifs is 1. The normalized spacial score (nSPS) is 25.5. The molecule has 40 heavy (non-hydrogen) atoms. The molecule has 0 aromatic heterocycles. The SMILES string of the molecule is C/C=C\C=C1\Sc2cc(CC3=C(NC)CC=CC=C3)ccc2N(C2CC(C)N(C)C(CC)C2)C1C.C=C.CC=O. The smallest absolute Gasteiger partial charge is 0.116 e. The van der Waals surface area contributed by atoms with Crippen LogP contribution in [0.2, 0.25) is 0 Å². The van der Waals surface area contributed by atoms with Crippen LogP contribution in [-0.2, 0) is 11.2 Å². The van der Waals surface area contributed by atoms with Crippen molar-refractivity contribution in [1.29, 1.82) is 0 Å². The molecule has 2 aliphatic heterocycles. The monoisotopic (exact) mass is 561 g/mol. The highest BCUT2D eigenvalue weighted by Crippen LogP contribution is 2.47. The predicted molar refractivity (Wildman–Crippen MR) is 177 cm³/mol. The molecule has 2 heterocycles. The number of hydrogen-bond acceptors (Lipinski definition) is 5. The van der Waals surface area contributed by atoms with Crippen molar-refractivity contribution in [3.8, 4) is 0 Å². The number of thioether (sulfide) groups is 1. The standard InChI is InChI=1S/C31H43N3S.C2H4O.C2H4/c1-7-9-15-30-23(4)34(27-18-22(3)33(6)26(8-2)21-27)29-17-16-24(20-31(29)35-30)19-25-13-11-10-12-14-28(25)32-5;1-2-3;1-2/h7,9-13,15-17,20,22-23,26-27,32H,8,14,18-19,21H2,1-6H3;2H,1H3;1-2H2/b9-7-,30-15+;;. The number of nitrogens with zero attached hydrogens (tertiary/aromatic N) is 2. The van der Waals surface area contributed by atoms with Crippen molar-refractivity contribution in [3.63, 3.8) is 0 Å². The zero-order valence-corrected chi connectivity index (χ0v) is 26.6. The molecule has 0 spiro atoms. The van der Waals surface area contributed by atoms with Crippen molar-refractivity contribution in [1.82, 2.24) is 10.2 Å². The van der Waals surface area contributed by atoms with Gasteiger partial charge in [-0.25, -0.2) is 0 Å². The van der Waals surface area contributed by atoms with Gasteiger partial charge in [-0.1, -0.05) is 67.3 Å². The first-order valence-corrected chi connectivity index (χ1v) is 15.5. The molecule has 1 aromatic carbocycles. The highest BCUT2D eigenvalue weighted by molar-refractivity contribution is 8.03. The van der Waals surface area contributed by atoms with Gasteiger partial charge in [-0.15, -0.1) is 13.2 Å². The lowest BCUT2D eigenvalue weighted by Gasteiger charge is -2.50. The quantitative estimate of drug-likeness (QED) is 0.279. The summed E-state index contributed by atoms with van der Waals surface area (Å²) in [7, 11) is 4.35. The molecule has 0 saturated carbocycles. The van der Waals surface area contributed by atoms with Gasteiger partial charge in [0.2, 0.25) is 0 Å².